The molecule has 0 fully saturated rings. The van der Waals surface area contributed by atoms with Crippen LogP contribution in [-0.4, -0.2) is 0 Å². The normalized spacial score (nSPS) is 14.8. The van der Waals surface area contributed by atoms with Gasteiger partial charge in [-0.3, -0.25) is 0 Å². The topological polar surface area (TPSA) is 16.4 Å². The van der Waals surface area contributed by atoms with Gasteiger partial charge in [-0.15, -0.1) is 0 Å². The zero-order valence-corrected chi connectivity index (χ0v) is 31.3. The highest BCUT2D eigenvalue weighted by Crippen LogP contribution is 2.51. The van der Waals surface area contributed by atoms with Crippen LogP contribution in [-0.2, 0) is 5.41 Å². The van der Waals surface area contributed by atoms with Crippen molar-refractivity contribution in [3.63, 3.8) is 0 Å². The van der Waals surface area contributed by atoms with E-state index in [0.717, 1.165) is 28.2 Å². The molecule has 0 bridgehead atoms. The fourth-order valence-corrected chi connectivity index (χ4v) is 8.65. The maximum absolute atomic E-state index is 9.97. The minimum atomic E-state index is -0.463. The first-order chi connectivity index (χ1) is 31.4. The van der Waals surface area contributed by atoms with E-state index in [9.17, 15) is 4.11 Å². The van der Waals surface area contributed by atoms with Gasteiger partial charge in [0.05, 0.1) is 11.0 Å². The minimum absolute atomic E-state index is 0.00913. The van der Waals surface area contributed by atoms with Gasteiger partial charge in [0.15, 0.2) is 0 Å². The van der Waals surface area contributed by atoms with E-state index < -0.39 is 12.1 Å². The van der Waals surface area contributed by atoms with Crippen molar-refractivity contribution in [2.75, 3.05) is 4.90 Å². The summed E-state index contributed by atoms with van der Waals surface area (Å²) in [6.07, 6.45) is 0. The summed E-state index contributed by atoms with van der Waals surface area (Å²) in [6.45, 7) is 4.52. The van der Waals surface area contributed by atoms with Crippen LogP contribution in [0.1, 0.15) is 35.9 Å². The molecule has 11 rings (SSSR count). The van der Waals surface area contributed by atoms with Crippen molar-refractivity contribution < 1.29 is 15.4 Å². The Morgan fingerprint density at radius 3 is 1.77 bits per heavy atom. The fraction of sp³-hybridized carbons (Fsp3) is 0.0545. The van der Waals surface area contributed by atoms with Crippen LogP contribution in [0.3, 0.4) is 0 Å². The largest absolute Gasteiger partial charge is 0.455 e. The number of hydrogen-bond acceptors (Lipinski definition) is 2. The molecule has 0 radical (unpaired) electrons. The lowest BCUT2D eigenvalue weighted by Crippen LogP contribution is -2.16. The van der Waals surface area contributed by atoms with E-state index in [4.69, 9.17) is 11.3 Å². The number of rotatable bonds is 6. The van der Waals surface area contributed by atoms with Gasteiger partial charge in [0, 0.05) is 38.6 Å². The van der Waals surface area contributed by atoms with Crippen molar-refractivity contribution in [2.45, 2.75) is 19.3 Å². The number of anilines is 3. The summed E-state index contributed by atoms with van der Waals surface area (Å²) in [5.41, 5.74) is 11.3. The van der Waals surface area contributed by atoms with Crippen LogP contribution in [0, 0.1) is 0 Å². The Morgan fingerprint density at radius 2 is 1.04 bits per heavy atom. The van der Waals surface area contributed by atoms with Crippen molar-refractivity contribution >= 4 is 49.8 Å². The van der Waals surface area contributed by atoms with Crippen molar-refractivity contribution in [1.82, 2.24) is 0 Å². The molecule has 1 aliphatic carbocycles. The Labute approximate surface area is 344 Å². The molecule has 1 aliphatic rings. The smallest absolute Gasteiger partial charge is 0.143 e. The summed E-state index contributed by atoms with van der Waals surface area (Å²) in [5, 5.41) is 0.662. The molecule has 2 nitrogen and oxygen atoms in total. The highest BCUT2D eigenvalue weighted by Gasteiger charge is 2.35. The first kappa shape index (κ1) is 25.8. The zero-order valence-electron chi connectivity index (χ0n) is 39.3. The Bertz CT molecular complexity index is 3590. The summed E-state index contributed by atoms with van der Waals surface area (Å²) < 4.78 is 79.0. The van der Waals surface area contributed by atoms with Gasteiger partial charge in [0.25, 0.3) is 0 Å². The van der Waals surface area contributed by atoms with Gasteiger partial charge in [0.2, 0.25) is 0 Å². The Kier molecular flexibility index (Phi) is 5.88. The van der Waals surface area contributed by atoms with Crippen molar-refractivity contribution in [3.05, 3.63) is 211 Å². The minimum Gasteiger partial charge on any atom is -0.455 e. The average Bonchev–Trinajstić information content (AvgIpc) is 3.83. The highest BCUT2D eigenvalue weighted by atomic mass is 16.3. The summed E-state index contributed by atoms with van der Waals surface area (Å²) in [4.78, 5) is 2.20. The van der Waals surface area contributed by atoms with Gasteiger partial charge in [-0.25, -0.2) is 0 Å². The van der Waals surface area contributed by atoms with E-state index in [1.807, 2.05) is 60.7 Å². The third-order valence-electron chi connectivity index (χ3n) is 11.5. The van der Waals surface area contributed by atoms with E-state index in [0.29, 0.717) is 16.7 Å². The summed E-state index contributed by atoms with van der Waals surface area (Å²) in [6, 6.07) is 48.1. The van der Waals surface area contributed by atoms with Crippen LogP contribution in [0.4, 0.5) is 17.1 Å². The lowest BCUT2D eigenvalue weighted by atomic mass is 9.82. The Hall–Kier alpha value is -7.16. The second-order valence-electron chi connectivity index (χ2n) is 15.1. The molecule has 57 heavy (non-hydrogen) atoms. The van der Waals surface area contributed by atoms with Gasteiger partial charge in [-0.1, -0.05) is 165 Å². The third-order valence-corrected chi connectivity index (χ3v) is 11.5. The van der Waals surface area contributed by atoms with E-state index in [1.165, 1.54) is 22.3 Å². The highest BCUT2D eigenvalue weighted by molar-refractivity contribution is 6.22. The van der Waals surface area contributed by atoms with Crippen LogP contribution in [0.15, 0.2) is 204 Å². The summed E-state index contributed by atoms with van der Waals surface area (Å²) >= 11 is 0. The number of furan rings is 1. The molecule has 0 atom stereocenters. The van der Waals surface area contributed by atoms with Gasteiger partial charge in [0.1, 0.15) is 11.2 Å². The Balaban J connectivity index is 1.14. The van der Waals surface area contributed by atoms with Gasteiger partial charge >= 0.3 is 0 Å². The standard InChI is InChI=1S/C55H39NO/c1-55(2)50-22-12-11-19-45(50)46-33-32-42(34-51(46)55)56(40-28-24-37(25-29-40)36-14-5-3-6-15-36)41-30-26-39(27-31-41)48-35-49-53-43(38-16-7-4-8-17-38)21-13-23-52(53)57-54(49)47-20-10-9-18-44(47)48/h3-35H,1-2H3/i9D,10D,13D,18D,20D,21D,23D,35D. The molecule has 270 valence electrons. The molecule has 9 aromatic carbocycles. The number of hydrogen-bond donors (Lipinski definition) is 0. The first-order valence-corrected chi connectivity index (χ1v) is 19.1. The maximum atomic E-state index is 9.97. The fourth-order valence-electron chi connectivity index (χ4n) is 8.65. The second kappa shape index (κ2) is 13.0. The predicted octanol–water partition coefficient (Wildman–Crippen LogP) is 15.5. The zero-order chi connectivity index (χ0) is 45.1. The molecule has 1 heterocycles. The quantitative estimate of drug-likeness (QED) is 0.169. The van der Waals surface area contributed by atoms with E-state index in [1.54, 1.807) is 12.1 Å². The van der Waals surface area contributed by atoms with Crippen LogP contribution in [0.5, 0.6) is 0 Å². The molecule has 0 amide bonds. The van der Waals surface area contributed by atoms with Crippen LogP contribution >= 0.6 is 0 Å². The molecule has 10 aromatic rings. The predicted molar refractivity (Wildman–Crippen MR) is 240 cm³/mol. The number of nitrogens with zero attached hydrogens (tertiary/aromatic N) is 1. The van der Waals surface area contributed by atoms with Crippen LogP contribution < -0.4 is 4.90 Å². The summed E-state index contributed by atoms with van der Waals surface area (Å²) in [5.74, 6) is 0. The van der Waals surface area contributed by atoms with Crippen molar-refractivity contribution in [1.29, 1.82) is 0 Å². The molecule has 0 spiro atoms. The maximum Gasteiger partial charge on any atom is 0.143 e. The van der Waals surface area contributed by atoms with Crippen molar-refractivity contribution in [2.24, 2.45) is 0 Å². The molecule has 0 aliphatic heterocycles. The molecule has 0 unspecified atom stereocenters. The molecule has 1 aromatic heterocycles. The van der Waals surface area contributed by atoms with E-state index in [-0.39, 0.29) is 79.9 Å². The average molecular weight is 738 g/mol. The molecular formula is C55H39NO. The van der Waals surface area contributed by atoms with Crippen LogP contribution in [0.25, 0.3) is 77.2 Å². The Morgan fingerprint density at radius 1 is 0.456 bits per heavy atom. The molecule has 2 heteroatoms. The molecule has 0 saturated carbocycles. The lowest BCUT2D eigenvalue weighted by Gasteiger charge is -2.28. The van der Waals surface area contributed by atoms with Gasteiger partial charge in [-0.2, -0.15) is 0 Å². The number of fused-ring (bicyclic) bond motifs is 8. The molecular weight excluding hydrogens is 691 g/mol. The summed E-state index contributed by atoms with van der Waals surface area (Å²) in [7, 11) is 0. The second-order valence-corrected chi connectivity index (χ2v) is 15.1. The van der Waals surface area contributed by atoms with Gasteiger partial charge < -0.3 is 9.32 Å². The van der Waals surface area contributed by atoms with Gasteiger partial charge in [-0.05, 0) is 110 Å². The molecule has 0 N–H and O–H groups in total. The number of benzene rings is 9. The molecule has 0 saturated heterocycles. The van der Waals surface area contributed by atoms with Crippen molar-refractivity contribution in [3.8, 4) is 44.5 Å². The van der Waals surface area contributed by atoms with E-state index >= 15 is 0 Å². The third kappa shape index (κ3) is 5.33. The first-order valence-electron chi connectivity index (χ1n) is 23.1. The van der Waals surface area contributed by atoms with Crippen LogP contribution in [0.2, 0.25) is 0 Å². The SMILES string of the molecule is [2H]c1c([2H])c(-c2ccccc2)c2c(oc3c4c([2H])c([2H])c([2H])c([2H])c4c(-c4ccc(N(c5ccc(-c6ccccc6)cc5)c5ccc6c(c5)C(C)(C)c5ccccc5-6)cc4)c([2H])c32)c1[2H]. The van der Waals surface area contributed by atoms with E-state index in [2.05, 4.69) is 97.6 Å². The lowest BCUT2D eigenvalue weighted by molar-refractivity contribution is 0.660. The monoisotopic (exact) mass is 737 g/mol.